The number of benzene rings is 2. The Bertz CT molecular complexity index is 822. The molecule has 0 fully saturated rings. The molecule has 0 unspecified atom stereocenters. The van der Waals surface area contributed by atoms with Gasteiger partial charge in [-0.1, -0.05) is 13.8 Å². The smallest absolute Gasteiger partial charge is 0.228 e. The van der Waals surface area contributed by atoms with Gasteiger partial charge in [0.2, 0.25) is 17.6 Å². The number of ether oxygens (including phenoxy) is 3. The fraction of sp³-hybridized carbons (Fsp3) is 0.364. The lowest BCUT2D eigenvalue weighted by Crippen LogP contribution is -2.15. The van der Waals surface area contributed by atoms with Crippen molar-refractivity contribution in [3.8, 4) is 17.2 Å². The molecule has 2 amide bonds. The van der Waals surface area contributed by atoms with Gasteiger partial charge in [0.05, 0.1) is 27.8 Å². The van der Waals surface area contributed by atoms with Gasteiger partial charge in [0, 0.05) is 17.8 Å². The molecule has 2 aromatic rings. The van der Waals surface area contributed by atoms with Gasteiger partial charge in [-0.3, -0.25) is 9.59 Å². The van der Waals surface area contributed by atoms with Gasteiger partial charge in [0.1, 0.15) is 0 Å². The predicted molar refractivity (Wildman–Crippen MR) is 113 cm³/mol. The Morgan fingerprint density at radius 2 is 1.31 bits per heavy atom. The maximum atomic E-state index is 12.4. The third-order valence-corrected chi connectivity index (χ3v) is 4.14. The van der Waals surface area contributed by atoms with Crippen LogP contribution < -0.4 is 24.8 Å². The number of methoxy groups -OCH3 is 3. The zero-order valence-electron chi connectivity index (χ0n) is 17.5. The van der Waals surface area contributed by atoms with Crippen molar-refractivity contribution in [1.29, 1.82) is 0 Å². The van der Waals surface area contributed by atoms with Crippen molar-refractivity contribution in [3.05, 3.63) is 42.0 Å². The summed E-state index contributed by atoms with van der Waals surface area (Å²) in [5.74, 6) is 1.56. The molecule has 2 N–H and O–H groups in total. The minimum Gasteiger partial charge on any atom is -0.493 e. The second-order valence-corrected chi connectivity index (χ2v) is 6.98. The van der Waals surface area contributed by atoms with E-state index in [2.05, 4.69) is 10.6 Å². The Labute approximate surface area is 171 Å². The first-order chi connectivity index (χ1) is 13.9. The van der Waals surface area contributed by atoms with Crippen molar-refractivity contribution in [2.24, 2.45) is 5.92 Å². The lowest BCUT2D eigenvalue weighted by Gasteiger charge is -2.14. The van der Waals surface area contributed by atoms with E-state index in [9.17, 15) is 9.59 Å². The van der Waals surface area contributed by atoms with E-state index in [-0.39, 0.29) is 18.2 Å². The molecule has 0 heterocycles. The molecule has 0 aromatic heterocycles. The molecule has 156 valence electrons. The zero-order chi connectivity index (χ0) is 21.4. The molecule has 0 atom stereocenters. The third-order valence-electron chi connectivity index (χ3n) is 4.14. The lowest BCUT2D eigenvalue weighted by atomic mass is 10.1. The average Bonchev–Trinajstić information content (AvgIpc) is 2.67. The Morgan fingerprint density at radius 1 is 0.828 bits per heavy atom. The number of carbonyl (C=O) groups is 2. The topological polar surface area (TPSA) is 85.9 Å². The van der Waals surface area contributed by atoms with Crippen LogP contribution in [0.25, 0.3) is 0 Å². The summed E-state index contributed by atoms with van der Waals surface area (Å²) in [7, 11) is 4.59. The molecule has 0 aliphatic heterocycles. The van der Waals surface area contributed by atoms with Crippen molar-refractivity contribution < 1.29 is 23.8 Å². The van der Waals surface area contributed by atoms with E-state index >= 15 is 0 Å². The molecule has 7 nitrogen and oxygen atoms in total. The molecule has 0 aliphatic carbocycles. The number of hydrogen-bond acceptors (Lipinski definition) is 5. The van der Waals surface area contributed by atoms with Gasteiger partial charge in [-0.25, -0.2) is 0 Å². The fourth-order valence-corrected chi connectivity index (χ4v) is 2.85. The molecule has 0 saturated heterocycles. The van der Waals surface area contributed by atoms with E-state index in [0.29, 0.717) is 41.0 Å². The highest BCUT2D eigenvalue weighted by molar-refractivity contribution is 5.94. The van der Waals surface area contributed by atoms with Crippen LogP contribution in [0, 0.1) is 5.92 Å². The predicted octanol–water partition coefficient (Wildman–Crippen LogP) is 3.88. The molecule has 0 spiro atoms. The fourth-order valence-electron chi connectivity index (χ4n) is 2.85. The summed E-state index contributed by atoms with van der Waals surface area (Å²) in [6.07, 6.45) is 0.608. The van der Waals surface area contributed by atoms with Crippen LogP contribution in [-0.4, -0.2) is 33.1 Å². The first-order valence-corrected chi connectivity index (χ1v) is 9.35. The highest BCUT2D eigenvalue weighted by Crippen LogP contribution is 2.38. The molecule has 2 aromatic carbocycles. The van der Waals surface area contributed by atoms with E-state index in [4.69, 9.17) is 14.2 Å². The minimum atomic E-state index is -0.184. The number of carbonyl (C=O) groups excluding carboxylic acids is 2. The van der Waals surface area contributed by atoms with E-state index in [1.165, 1.54) is 21.3 Å². The van der Waals surface area contributed by atoms with Crippen molar-refractivity contribution in [1.82, 2.24) is 0 Å². The summed E-state index contributed by atoms with van der Waals surface area (Å²) in [5.41, 5.74) is 2.07. The number of rotatable bonds is 9. The van der Waals surface area contributed by atoms with E-state index in [1.54, 1.807) is 36.4 Å². The maximum Gasteiger partial charge on any atom is 0.228 e. The van der Waals surface area contributed by atoms with Crippen LogP contribution in [0.3, 0.4) is 0 Å². The van der Waals surface area contributed by atoms with Crippen LogP contribution in [0.15, 0.2) is 36.4 Å². The number of nitrogens with one attached hydrogen (secondary N) is 2. The van der Waals surface area contributed by atoms with Crippen LogP contribution in [0.1, 0.15) is 25.8 Å². The number of hydrogen-bond donors (Lipinski definition) is 2. The molecule has 0 saturated carbocycles. The van der Waals surface area contributed by atoms with Crippen molar-refractivity contribution in [2.75, 3.05) is 32.0 Å². The molecule has 2 rings (SSSR count). The van der Waals surface area contributed by atoms with Crippen LogP contribution in [-0.2, 0) is 16.0 Å². The first-order valence-electron chi connectivity index (χ1n) is 9.35. The minimum absolute atomic E-state index is 0.0285. The molecule has 29 heavy (non-hydrogen) atoms. The van der Waals surface area contributed by atoms with Crippen LogP contribution in [0.2, 0.25) is 0 Å². The zero-order valence-corrected chi connectivity index (χ0v) is 17.5. The largest absolute Gasteiger partial charge is 0.493 e. The van der Waals surface area contributed by atoms with Gasteiger partial charge in [0.15, 0.2) is 11.5 Å². The number of amides is 2. The quantitative estimate of drug-likeness (QED) is 0.667. The second kappa shape index (κ2) is 10.4. The van der Waals surface area contributed by atoms with E-state index in [1.807, 2.05) is 13.8 Å². The first kappa shape index (κ1) is 22.1. The normalized spacial score (nSPS) is 10.4. The van der Waals surface area contributed by atoms with Gasteiger partial charge < -0.3 is 24.8 Å². The molecule has 0 aliphatic rings. The summed E-state index contributed by atoms with van der Waals surface area (Å²) >= 11 is 0. The monoisotopic (exact) mass is 400 g/mol. The molecule has 0 bridgehead atoms. The van der Waals surface area contributed by atoms with Gasteiger partial charge in [0.25, 0.3) is 0 Å². The summed E-state index contributed by atoms with van der Waals surface area (Å²) < 4.78 is 15.9. The number of anilines is 2. The Balaban J connectivity index is 2.01. The van der Waals surface area contributed by atoms with Crippen LogP contribution >= 0.6 is 0 Å². The van der Waals surface area contributed by atoms with E-state index < -0.39 is 0 Å². The van der Waals surface area contributed by atoms with Crippen molar-refractivity contribution in [3.63, 3.8) is 0 Å². The van der Waals surface area contributed by atoms with Gasteiger partial charge in [-0.2, -0.15) is 0 Å². The highest BCUT2D eigenvalue weighted by atomic mass is 16.5. The van der Waals surface area contributed by atoms with Gasteiger partial charge in [-0.15, -0.1) is 0 Å². The van der Waals surface area contributed by atoms with Crippen LogP contribution in [0.4, 0.5) is 11.4 Å². The highest BCUT2D eigenvalue weighted by Gasteiger charge is 2.15. The summed E-state index contributed by atoms with van der Waals surface area (Å²) in [5, 5.41) is 5.68. The SMILES string of the molecule is COc1cc(CC(=O)Nc2ccc(NC(=O)CC(C)C)cc2)cc(OC)c1OC. The molecular formula is C22H28N2O5. The molecule has 7 heteroatoms. The Kier molecular flexibility index (Phi) is 7.88. The third kappa shape index (κ3) is 6.41. The summed E-state index contributed by atoms with van der Waals surface area (Å²) in [4.78, 5) is 24.3. The Hall–Kier alpha value is -3.22. The molecular weight excluding hydrogens is 372 g/mol. The Morgan fingerprint density at radius 3 is 1.72 bits per heavy atom. The average molecular weight is 400 g/mol. The summed E-state index contributed by atoms with van der Waals surface area (Å²) in [6, 6.07) is 10.5. The molecule has 0 radical (unpaired) electrons. The summed E-state index contributed by atoms with van der Waals surface area (Å²) in [6.45, 7) is 3.98. The standard InChI is InChI=1S/C22H28N2O5/c1-14(2)10-20(25)23-16-6-8-17(9-7-16)24-21(26)13-15-11-18(27-3)22(29-5)19(12-15)28-4/h6-9,11-12,14H,10,13H2,1-5H3,(H,23,25)(H,24,26). The maximum absolute atomic E-state index is 12.4. The van der Waals surface area contributed by atoms with E-state index in [0.717, 1.165) is 5.56 Å². The van der Waals surface area contributed by atoms with Crippen LogP contribution in [0.5, 0.6) is 17.2 Å². The van der Waals surface area contributed by atoms with Gasteiger partial charge >= 0.3 is 0 Å². The van der Waals surface area contributed by atoms with Gasteiger partial charge in [-0.05, 0) is 47.9 Å². The van der Waals surface area contributed by atoms with Crippen molar-refractivity contribution in [2.45, 2.75) is 26.7 Å². The van der Waals surface area contributed by atoms with Crippen molar-refractivity contribution >= 4 is 23.2 Å². The lowest BCUT2D eigenvalue weighted by molar-refractivity contribution is -0.117. The second-order valence-electron chi connectivity index (χ2n) is 6.98.